The minimum Gasteiger partial charge on any atom is -0.478 e. The molecule has 0 saturated carbocycles. The Morgan fingerprint density at radius 1 is 1.54 bits per heavy atom. The van der Waals surface area contributed by atoms with Crippen LogP contribution in [0.15, 0.2) is 24.3 Å². The van der Waals surface area contributed by atoms with Crippen LogP contribution in [0.5, 0.6) is 0 Å². The maximum atomic E-state index is 13.0. The van der Waals surface area contributed by atoms with Gasteiger partial charge in [-0.25, -0.2) is 9.18 Å². The summed E-state index contributed by atoms with van der Waals surface area (Å²) in [4.78, 5) is 10.1. The molecule has 1 aromatic rings. The number of benzene rings is 1. The van der Waals surface area contributed by atoms with Gasteiger partial charge in [-0.15, -0.1) is 0 Å². The summed E-state index contributed by atoms with van der Waals surface area (Å²) in [6, 6.07) is 4.03. The van der Waals surface area contributed by atoms with Gasteiger partial charge in [0, 0.05) is 16.7 Å². The van der Waals surface area contributed by atoms with E-state index in [1.165, 1.54) is 18.2 Å². The van der Waals surface area contributed by atoms with Crippen molar-refractivity contribution in [1.29, 1.82) is 0 Å². The SMILES string of the molecule is O=C(O)/C=C\c1ccc(Cl)cc1F. The molecule has 0 fully saturated rings. The molecule has 4 heteroatoms. The smallest absolute Gasteiger partial charge is 0.328 e. The van der Waals surface area contributed by atoms with Crippen LogP contribution >= 0.6 is 11.6 Å². The first-order valence-corrected chi connectivity index (χ1v) is 3.83. The van der Waals surface area contributed by atoms with Crippen molar-refractivity contribution in [1.82, 2.24) is 0 Å². The second kappa shape index (κ2) is 4.05. The normalized spacial score (nSPS) is 10.6. The minimum absolute atomic E-state index is 0.201. The summed E-state index contributed by atoms with van der Waals surface area (Å²) in [5.41, 5.74) is 0.201. The third-order valence-electron chi connectivity index (χ3n) is 1.37. The summed E-state index contributed by atoms with van der Waals surface area (Å²) in [5, 5.41) is 8.57. The van der Waals surface area contributed by atoms with E-state index in [0.717, 1.165) is 12.1 Å². The summed E-state index contributed by atoms with van der Waals surface area (Å²) in [6.07, 6.45) is 2.04. The standard InChI is InChI=1S/C9H6ClFO2/c10-7-3-1-6(8(11)5-7)2-4-9(12)13/h1-5H,(H,12,13)/b4-2-. The quantitative estimate of drug-likeness (QED) is 0.745. The van der Waals surface area contributed by atoms with E-state index < -0.39 is 11.8 Å². The monoisotopic (exact) mass is 200 g/mol. The highest BCUT2D eigenvalue weighted by molar-refractivity contribution is 6.30. The van der Waals surface area contributed by atoms with Crippen LogP contribution in [0.1, 0.15) is 5.56 Å². The molecule has 0 atom stereocenters. The molecule has 68 valence electrons. The van der Waals surface area contributed by atoms with Gasteiger partial charge in [0.2, 0.25) is 0 Å². The highest BCUT2D eigenvalue weighted by Gasteiger charge is 1.99. The molecular formula is C9H6ClFO2. The van der Waals surface area contributed by atoms with Crippen molar-refractivity contribution in [2.75, 3.05) is 0 Å². The van der Waals surface area contributed by atoms with Gasteiger partial charge in [0.1, 0.15) is 5.82 Å². The molecule has 0 spiro atoms. The average molecular weight is 201 g/mol. The maximum absolute atomic E-state index is 13.0. The van der Waals surface area contributed by atoms with E-state index in [-0.39, 0.29) is 10.6 Å². The third kappa shape index (κ3) is 2.87. The number of hydrogen-bond donors (Lipinski definition) is 1. The summed E-state index contributed by atoms with van der Waals surface area (Å²) < 4.78 is 13.0. The largest absolute Gasteiger partial charge is 0.478 e. The number of carboxylic acids is 1. The van der Waals surface area contributed by atoms with Crippen molar-refractivity contribution in [3.8, 4) is 0 Å². The van der Waals surface area contributed by atoms with Gasteiger partial charge in [-0.3, -0.25) is 0 Å². The lowest BCUT2D eigenvalue weighted by Gasteiger charge is -1.95. The summed E-state index contributed by atoms with van der Waals surface area (Å²) in [5.74, 6) is -1.65. The fraction of sp³-hybridized carbons (Fsp3) is 0. The van der Waals surface area contributed by atoms with E-state index in [1.54, 1.807) is 0 Å². The van der Waals surface area contributed by atoms with Crippen LogP contribution in [0.2, 0.25) is 5.02 Å². The first kappa shape index (κ1) is 9.74. The van der Waals surface area contributed by atoms with Crippen LogP contribution < -0.4 is 0 Å². The molecule has 1 rings (SSSR count). The lowest BCUT2D eigenvalue weighted by Crippen LogP contribution is -1.87. The molecular weight excluding hydrogens is 195 g/mol. The van der Waals surface area contributed by atoms with Crippen LogP contribution in [0.25, 0.3) is 6.08 Å². The van der Waals surface area contributed by atoms with E-state index in [2.05, 4.69) is 0 Å². The van der Waals surface area contributed by atoms with Crippen LogP contribution in [0.3, 0.4) is 0 Å². The molecule has 0 aliphatic heterocycles. The number of aliphatic carboxylic acids is 1. The van der Waals surface area contributed by atoms with Gasteiger partial charge >= 0.3 is 5.97 Å². The molecule has 0 aromatic heterocycles. The van der Waals surface area contributed by atoms with Gasteiger partial charge in [-0.2, -0.15) is 0 Å². The van der Waals surface area contributed by atoms with Crippen LogP contribution in [-0.4, -0.2) is 11.1 Å². The molecule has 0 bridgehead atoms. The van der Waals surface area contributed by atoms with E-state index in [9.17, 15) is 9.18 Å². The second-order valence-corrected chi connectivity index (χ2v) is 2.77. The number of halogens is 2. The molecule has 0 aliphatic carbocycles. The van der Waals surface area contributed by atoms with Crippen molar-refractivity contribution >= 4 is 23.6 Å². The molecule has 0 aliphatic rings. The molecule has 0 unspecified atom stereocenters. The van der Waals surface area contributed by atoms with Gasteiger partial charge in [-0.05, 0) is 18.2 Å². The predicted molar refractivity (Wildman–Crippen MR) is 48.1 cm³/mol. The van der Waals surface area contributed by atoms with E-state index in [4.69, 9.17) is 16.7 Å². The average Bonchev–Trinajstić information content (AvgIpc) is 2.02. The molecule has 13 heavy (non-hydrogen) atoms. The highest BCUT2D eigenvalue weighted by Crippen LogP contribution is 2.15. The van der Waals surface area contributed by atoms with E-state index in [1.807, 2.05) is 0 Å². The molecule has 0 saturated heterocycles. The Morgan fingerprint density at radius 3 is 2.77 bits per heavy atom. The first-order valence-electron chi connectivity index (χ1n) is 3.45. The van der Waals surface area contributed by atoms with Gasteiger partial charge in [0.25, 0.3) is 0 Å². The Hall–Kier alpha value is -1.35. The predicted octanol–water partition coefficient (Wildman–Crippen LogP) is 2.58. The molecule has 1 aromatic carbocycles. The Morgan fingerprint density at radius 2 is 2.23 bits per heavy atom. The van der Waals surface area contributed by atoms with Crippen molar-refractivity contribution < 1.29 is 14.3 Å². The van der Waals surface area contributed by atoms with Gasteiger partial charge < -0.3 is 5.11 Å². The van der Waals surface area contributed by atoms with E-state index >= 15 is 0 Å². The number of hydrogen-bond acceptors (Lipinski definition) is 1. The maximum Gasteiger partial charge on any atom is 0.328 e. The second-order valence-electron chi connectivity index (χ2n) is 2.34. The molecule has 0 amide bonds. The zero-order chi connectivity index (χ0) is 9.84. The summed E-state index contributed by atoms with van der Waals surface area (Å²) in [6.45, 7) is 0. The number of carboxylic acid groups (broad SMARTS) is 1. The molecule has 0 radical (unpaired) electrons. The van der Waals surface area contributed by atoms with Gasteiger partial charge in [0.15, 0.2) is 0 Å². The zero-order valence-corrected chi connectivity index (χ0v) is 7.25. The molecule has 1 N–H and O–H groups in total. The summed E-state index contributed by atoms with van der Waals surface area (Å²) in [7, 11) is 0. The lowest BCUT2D eigenvalue weighted by molar-refractivity contribution is -0.131. The summed E-state index contributed by atoms with van der Waals surface area (Å²) >= 11 is 5.50. The lowest BCUT2D eigenvalue weighted by atomic mass is 10.2. The van der Waals surface area contributed by atoms with Crippen LogP contribution in [-0.2, 0) is 4.79 Å². The Labute approximate surface area is 79.3 Å². The third-order valence-corrected chi connectivity index (χ3v) is 1.60. The number of carbonyl (C=O) groups is 1. The van der Waals surface area contributed by atoms with Crippen molar-refractivity contribution in [3.63, 3.8) is 0 Å². The Bertz CT molecular complexity index is 361. The highest BCUT2D eigenvalue weighted by atomic mass is 35.5. The van der Waals surface area contributed by atoms with E-state index in [0.29, 0.717) is 0 Å². The Kier molecular flexibility index (Phi) is 3.03. The van der Waals surface area contributed by atoms with Crippen molar-refractivity contribution in [2.45, 2.75) is 0 Å². The van der Waals surface area contributed by atoms with Crippen LogP contribution in [0, 0.1) is 5.82 Å². The van der Waals surface area contributed by atoms with Crippen LogP contribution in [0.4, 0.5) is 4.39 Å². The molecule has 0 heterocycles. The zero-order valence-electron chi connectivity index (χ0n) is 6.50. The first-order chi connectivity index (χ1) is 6.09. The van der Waals surface area contributed by atoms with Gasteiger partial charge in [-0.1, -0.05) is 17.7 Å². The van der Waals surface area contributed by atoms with Crippen molar-refractivity contribution in [2.24, 2.45) is 0 Å². The minimum atomic E-state index is -1.12. The fourth-order valence-corrected chi connectivity index (χ4v) is 0.957. The fourth-order valence-electron chi connectivity index (χ4n) is 0.798. The number of rotatable bonds is 2. The van der Waals surface area contributed by atoms with Crippen molar-refractivity contribution in [3.05, 3.63) is 40.7 Å². The molecule has 2 nitrogen and oxygen atoms in total. The topological polar surface area (TPSA) is 37.3 Å². The van der Waals surface area contributed by atoms with Gasteiger partial charge in [0.05, 0.1) is 0 Å². The Balaban J connectivity index is 2.96.